The van der Waals surface area contributed by atoms with E-state index in [1.54, 1.807) is 0 Å². The Bertz CT molecular complexity index is 833. The van der Waals surface area contributed by atoms with Crippen molar-refractivity contribution in [3.63, 3.8) is 0 Å². The third-order valence-corrected chi connectivity index (χ3v) is 3.79. The van der Waals surface area contributed by atoms with Crippen LogP contribution < -0.4 is 14.8 Å². The van der Waals surface area contributed by atoms with Crippen molar-refractivity contribution in [1.82, 2.24) is 5.32 Å². The second kappa shape index (κ2) is 10.9. The molecule has 0 fully saturated rings. The second-order valence-corrected chi connectivity index (χ2v) is 5.80. The summed E-state index contributed by atoms with van der Waals surface area (Å²) in [6.07, 6.45) is 0.517. The lowest BCUT2D eigenvalue weighted by molar-refractivity contribution is -0.139. The van der Waals surface area contributed by atoms with Gasteiger partial charge in [0, 0.05) is 23.4 Å². The molecule has 0 bridgehead atoms. The first-order chi connectivity index (χ1) is 13.6. The minimum absolute atomic E-state index is 0.132. The first-order valence-corrected chi connectivity index (χ1v) is 9.04. The van der Waals surface area contributed by atoms with Gasteiger partial charge in [-0.2, -0.15) is 0 Å². The van der Waals surface area contributed by atoms with Crippen molar-refractivity contribution in [3.05, 3.63) is 48.6 Å². The summed E-state index contributed by atoms with van der Waals surface area (Å²) in [5.41, 5.74) is 0.803. The van der Waals surface area contributed by atoms with Gasteiger partial charge in [0.2, 0.25) is 0 Å². The highest BCUT2D eigenvalue weighted by Crippen LogP contribution is 2.36. The van der Waals surface area contributed by atoms with E-state index in [0.717, 1.165) is 28.2 Å². The summed E-state index contributed by atoms with van der Waals surface area (Å²) in [5, 5.41) is 4.32. The van der Waals surface area contributed by atoms with Gasteiger partial charge in [0.05, 0.1) is 19.8 Å². The van der Waals surface area contributed by atoms with Crippen LogP contribution in [-0.2, 0) is 14.3 Å². The van der Waals surface area contributed by atoms with Gasteiger partial charge in [0.1, 0.15) is 18.1 Å². The predicted octanol–water partition coefficient (Wildman–Crippen LogP) is 3.38. The Morgan fingerprint density at radius 2 is 1.89 bits per heavy atom. The Kier molecular flexibility index (Phi) is 8.30. The molecular weight excluding hydrogens is 362 g/mol. The quantitative estimate of drug-likeness (QED) is 0.382. The van der Waals surface area contributed by atoms with Gasteiger partial charge in [0.15, 0.2) is 0 Å². The number of ether oxygens (including phenoxy) is 4. The molecule has 150 valence electrons. The Morgan fingerprint density at radius 1 is 1.14 bits per heavy atom. The van der Waals surface area contributed by atoms with Crippen LogP contribution in [-0.4, -0.2) is 45.0 Å². The summed E-state index contributed by atoms with van der Waals surface area (Å²) >= 11 is 0. The maximum Gasteiger partial charge on any atom is 0.412 e. The van der Waals surface area contributed by atoms with Crippen molar-refractivity contribution < 1.29 is 28.5 Å². The van der Waals surface area contributed by atoms with Gasteiger partial charge in [-0.05, 0) is 25.5 Å². The number of fused-ring (bicyclic) bond motifs is 1. The van der Waals surface area contributed by atoms with Crippen molar-refractivity contribution in [2.75, 3.05) is 33.0 Å². The summed E-state index contributed by atoms with van der Waals surface area (Å²) in [5.74, 6) is 0.756. The van der Waals surface area contributed by atoms with E-state index in [4.69, 9.17) is 18.9 Å². The number of hydrogen-bond donors (Lipinski definition) is 1. The van der Waals surface area contributed by atoms with Crippen molar-refractivity contribution in [3.8, 4) is 11.5 Å². The molecule has 1 amide bonds. The number of carbonyl (C=O) groups is 2. The highest BCUT2D eigenvalue weighted by molar-refractivity contribution is 5.95. The maximum absolute atomic E-state index is 12.1. The first-order valence-electron chi connectivity index (χ1n) is 9.04. The largest absolute Gasteiger partial charge is 0.493 e. The third-order valence-electron chi connectivity index (χ3n) is 3.79. The molecule has 0 saturated carbocycles. The number of esters is 1. The predicted molar refractivity (Wildman–Crippen MR) is 106 cm³/mol. The number of nitrogens with one attached hydrogen (secondary N) is 1. The number of hydrogen-bond acceptors (Lipinski definition) is 6. The van der Waals surface area contributed by atoms with Gasteiger partial charge < -0.3 is 24.3 Å². The smallest absolute Gasteiger partial charge is 0.412 e. The summed E-state index contributed by atoms with van der Waals surface area (Å²) in [7, 11) is 0. The van der Waals surface area contributed by atoms with E-state index in [2.05, 4.69) is 11.9 Å². The van der Waals surface area contributed by atoms with Gasteiger partial charge in [-0.3, -0.25) is 0 Å². The van der Waals surface area contributed by atoms with Gasteiger partial charge in [-0.25, -0.2) is 9.59 Å². The molecule has 1 N–H and O–H groups in total. The van der Waals surface area contributed by atoms with Gasteiger partial charge in [-0.1, -0.05) is 30.8 Å². The molecule has 2 aromatic rings. The van der Waals surface area contributed by atoms with Crippen LogP contribution in [0.25, 0.3) is 10.8 Å². The zero-order valence-electron chi connectivity index (χ0n) is 16.2. The average molecular weight is 387 g/mol. The molecule has 0 saturated heterocycles. The number of benzene rings is 2. The van der Waals surface area contributed by atoms with Crippen LogP contribution in [0.2, 0.25) is 0 Å². The van der Waals surface area contributed by atoms with E-state index in [9.17, 15) is 9.59 Å². The Labute approximate surface area is 164 Å². The van der Waals surface area contributed by atoms with Crippen molar-refractivity contribution >= 4 is 22.8 Å². The molecule has 0 aliphatic heterocycles. The van der Waals surface area contributed by atoms with E-state index in [1.807, 2.05) is 44.2 Å². The molecule has 0 radical (unpaired) electrons. The lowest BCUT2D eigenvalue weighted by Gasteiger charge is -2.15. The van der Waals surface area contributed by atoms with Crippen molar-refractivity contribution in [1.29, 1.82) is 0 Å². The van der Waals surface area contributed by atoms with Crippen LogP contribution in [0.3, 0.4) is 0 Å². The summed E-state index contributed by atoms with van der Waals surface area (Å²) in [4.78, 5) is 23.0. The van der Waals surface area contributed by atoms with Crippen LogP contribution >= 0.6 is 0 Å². The Morgan fingerprint density at radius 3 is 2.61 bits per heavy atom. The van der Waals surface area contributed by atoms with Gasteiger partial charge in [0.25, 0.3) is 0 Å². The molecule has 0 aromatic heterocycles. The first kappa shape index (κ1) is 21.2. The van der Waals surface area contributed by atoms with Crippen LogP contribution in [0.5, 0.6) is 11.5 Å². The molecule has 7 heteroatoms. The van der Waals surface area contributed by atoms with Crippen LogP contribution in [0, 0.1) is 6.92 Å². The fraction of sp³-hybridized carbons (Fsp3) is 0.333. The normalized spacial score (nSPS) is 10.4. The lowest BCUT2D eigenvalue weighted by atomic mass is 10.0. The summed E-state index contributed by atoms with van der Waals surface area (Å²) < 4.78 is 21.2. The topological polar surface area (TPSA) is 83.1 Å². The van der Waals surface area contributed by atoms with Crippen LogP contribution in [0.1, 0.15) is 12.5 Å². The summed E-state index contributed by atoms with van der Waals surface area (Å²) in [6, 6.07) is 9.48. The van der Waals surface area contributed by atoms with E-state index >= 15 is 0 Å². The van der Waals surface area contributed by atoms with E-state index < -0.39 is 12.1 Å². The molecule has 0 heterocycles. The maximum atomic E-state index is 12.1. The average Bonchev–Trinajstić information content (AvgIpc) is 2.70. The second-order valence-electron chi connectivity index (χ2n) is 5.80. The van der Waals surface area contributed by atoms with E-state index in [-0.39, 0.29) is 26.4 Å². The molecule has 0 unspecified atom stereocenters. The van der Waals surface area contributed by atoms with Crippen molar-refractivity contribution in [2.45, 2.75) is 13.8 Å². The lowest BCUT2D eigenvalue weighted by Crippen LogP contribution is -2.30. The summed E-state index contributed by atoms with van der Waals surface area (Å²) in [6.45, 7) is 8.54. The van der Waals surface area contributed by atoms with Crippen LogP contribution in [0.4, 0.5) is 4.79 Å². The highest BCUT2D eigenvalue weighted by Gasteiger charge is 2.14. The molecule has 2 rings (SSSR count). The number of aryl methyl sites for hydroxylation is 1. The minimum atomic E-state index is -0.570. The number of carbonyl (C=O) groups excluding carboxylic acids is 2. The SMILES string of the molecule is C=CC(=O)OCCOCCNC(=O)Oc1c(C)cc(OCC)c2ccccc12. The van der Waals surface area contributed by atoms with E-state index in [0.29, 0.717) is 12.4 Å². The number of amides is 1. The number of rotatable bonds is 10. The monoisotopic (exact) mass is 387 g/mol. The van der Waals surface area contributed by atoms with Gasteiger partial charge in [-0.15, -0.1) is 0 Å². The molecule has 0 spiro atoms. The fourth-order valence-corrected chi connectivity index (χ4v) is 2.57. The standard InChI is InChI=1S/C21H25NO6/c1-4-19(23)27-13-12-25-11-10-22-21(24)28-20-15(3)14-18(26-5-2)16-8-6-7-9-17(16)20/h4,6-9,14H,1,5,10-13H2,2-3H3,(H,22,24). The minimum Gasteiger partial charge on any atom is -0.493 e. The molecule has 0 aliphatic rings. The van der Waals surface area contributed by atoms with Gasteiger partial charge >= 0.3 is 12.1 Å². The Balaban J connectivity index is 1.88. The molecule has 0 aliphatic carbocycles. The molecular formula is C21H25NO6. The molecule has 0 atom stereocenters. The molecule has 7 nitrogen and oxygen atoms in total. The Hall–Kier alpha value is -3.06. The third kappa shape index (κ3) is 5.99. The fourth-order valence-electron chi connectivity index (χ4n) is 2.57. The molecule has 2 aromatic carbocycles. The molecule has 28 heavy (non-hydrogen) atoms. The van der Waals surface area contributed by atoms with E-state index in [1.165, 1.54) is 0 Å². The zero-order valence-corrected chi connectivity index (χ0v) is 16.2. The van der Waals surface area contributed by atoms with Crippen LogP contribution in [0.15, 0.2) is 43.0 Å². The highest BCUT2D eigenvalue weighted by atomic mass is 16.6. The zero-order chi connectivity index (χ0) is 20.4. The van der Waals surface area contributed by atoms with Crippen molar-refractivity contribution in [2.24, 2.45) is 0 Å².